The quantitative estimate of drug-likeness (QED) is 0.860. The fourth-order valence-corrected chi connectivity index (χ4v) is 2.87. The van der Waals surface area contributed by atoms with Crippen LogP contribution in [0.1, 0.15) is 20.9 Å². The standard InChI is InChI=1S/C12H13ClN2O2S/c1-6-4-9(18-8(6)3)5-15-11(16)7(2)10(13)14-12(15)17/h4H,5H2,1-3H3,(H,14,17). The summed E-state index contributed by atoms with van der Waals surface area (Å²) in [6, 6.07) is 2.00. The summed E-state index contributed by atoms with van der Waals surface area (Å²) >= 11 is 7.35. The molecule has 0 amide bonds. The number of hydrogen-bond acceptors (Lipinski definition) is 3. The summed E-state index contributed by atoms with van der Waals surface area (Å²) in [5.74, 6) is 0. The van der Waals surface area contributed by atoms with Crippen molar-refractivity contribution < 1.29 is 0 Å². The van der Waals surface area contributed by atoms with Crippen molar-refractivity contribution in [3.8, 4) is 0 Å². The Morgan fingerprint density at radius 1 is 1.33 bits per heavy atom. The normalized spacial score (nSPS) is 10.9. The van der Waals surface area contributed by atoms with Crippen LogP contribution in [-0.4, -0.2) is 9.55 Å². The second-order valence-electron chi connectivity index (χ2n) is 4.21. The van der Waals surface area contributed by atoms with Gasteiger partial charge in [-0.05, 0) is 32.4 Å². The van der Waals surface area contributed by atoms with Gasteiger partial charge in [0.1, 0.15) is 5.15 Å². The fourth-order valence-electron chi connectivity index (χ4n) is 1.67. The van der Waals surface area contributed by atoms with Crippen molar-refractivity contribution in [1.82, 2.24) is 9.55 Å². The van der Waals surface area contributed by atoms with Gasteiger partial charge in [-0.2, -0.15) is 0 Å². The minimum Gasteiger partial charge on any atom is -0.297 e. The lowest BCUT2D eigenvalue weighted by atomic mass is 10.3. The summed E-state index contributed by atoms with van der Waals surface area (Å²) in [5.41, 5.74) is 0.721. The van der Waals surface area contributed by atoms with Crippen molar-refractivity contribution in [3.05, 3.63) is 52.9 Å². The number of aromatic nitrogens is 2. The van der Waals surface area contributed by atoms with Gasteiger partial charge in [0.2, 0.25) is 0 Å². The van der Waals surface area contributed by atoms with E-state index in [0.717, 1.165) is 4.88 Å². The molecule has 0 radical (unpaired) electrons. The summed E-state index contributed by atoms with van der Waals surface area (Å²) in [4.78, 5) is 28.4. The minimum absolute atomic E-state index is 0.111. The van der Waals surface area contributed by atoms with E-state index in [0.29, 0.717) is 5.56 Å². The molecular formula is C12H13ClN2O2S. The Bertz CT molecular complexity index is 692. The third kappa shape index (κ3) is 2.28. The van der Waals surface area contributed by atoms with E-state index in [4.69, 9.17) is 11.6 Å². The first kappa shape index (κ1) is 13.1. The van der Waals surface area contributed by atoms with Crippen LogP contribution >= 0.6 is 22.9 Å². The van der Waals surface area contributed by atoms with E-state index >= 15 is 0 Å². The molecule has 4 nitrogen and oxygen atoms in total. The van der Waals surface area contributed by atoms with Gasteiger partial charge in [0.25, 0.3) is 5.56 Å². The highest BCUT2D eigenvalue weighted by Crippen LogP contribution is 2.20. The number of thiophene rings is 1. The molecular weight excluding hydrogens is 272 g/mol. The van der Waals surface area contributed by atoms with Crippen LogP contribution in [0.15, 0.2) is 15.7 Å². The molecule has 96 valence electrons. The van der Waals surface area contributed by atoms with Gasteiger partial charge in [0, 0.05) is 15.3 Å². The number of aryl methyl sites for hydroxylation is 2. The van der Waals surface area contributed by atoms with Gasteiger partial charge in [-0.25, -0.2) is 4.79 Å². The molecule has 2 aromatic heterocycles. The molecule has 6 heteroatoms. The Balaban J connectivity index is 2.50. The maximum absolute atomic E-state index is 12.0. The Hall–Kier alpha value is -1.33. The second kappa shape index (κ2) is 4.74. The molecule has 2 rings (SSSR count). The summed E-state index contributed by atoms with van der Waals surface area (Å²) in [5, 5.41) is 0.111. The molecule has 1 N–H and O–H groups in total. The lowest BCUT2D eigenvalue weighted by Gasteiger charge is -2.04. The molecule has 18 heavy (non-hydrogen) atoms. The summed E-state index contributed by atoms with van der Waals surface area (Å²) in [6.07, 6.45) is 0. The van der Waals surface area contributed by atoms with E-state index in [2.05, 4.69) is 4.98 Å². The van der Waals surface area contributed by atoms with Crippen LogP contribution in [0.4, 0.5) is 0 Å². The SMILES string of the molecule is Cc1cc(Cn2c(=O)[nH]c(Cl)c(C)c2=O)sc1C. The number of H-pyrrole nitrogens is 1. The van der Waals surface area contributed by atoms with Crippen LogP contribution in [-0.2, 0) is 6.54 Å². The van der Waals surface area contributed by atoms with Gasteiger partial charge in [-0.1, -0.05) is 11.6 Å². The van der Waals surface area contributed by atoms with Gasteiger partial charge in [0.15, 0.2) is 0 Å². The van der Waals surface area contributed by atoms with Crippen molar-refractivity contribution in [2.24, 2.45) is 0 Å². The van der Waals surface area contributed by atoms with E-state index in [1.54, 1.807) is 18.3 Å². The Kier molecular flexibility index (Phi) is 3.45. The minimum atomic E-state index is -0.473. The smallest absolute Gasteiger partial charge is 0.297 e. The van der Waals surface area contributed by atoms with Crippen molar-refractivity contribution in [3.63, 3.8) is 0 Å². The number of rotatable bonds is 2. The number of aromatic amines is 1. The monoisotopic (exact) mass is 284 g/mol. The van der Waals surface area contributed by atoms with E-state index in [1.807, 2.05) is 19.9 Å². The van der Waals surface area contributed by atoms with E-state index < -0.39 is 5.69 Å². The zero-order chi connectivity index (χ0) is 13.4. The fraction of sp³-hybridized carbons (Fsp3) is 0.333. The van der Waals surface area contributed by atoms with E-state index in [9.17, 15) is 9.59 Å². The molecule has 0 aliphatic heterocycles. The Labute approximate surface area is 113 Å². The van der Waals surface area contributed by atoms with Gasteiger partial charge < -0.3 is 0 Å². The van der Waals surface area contributed by atoms with Gasteiger partial charge in [0.05, 0.1) is 6.54 Å². The molecule has 0 unspecified atom stereocenters. The molecule has 0 saturated carbocycles. The maximum atomic E-state index is 12.0. The molecule has 0 aromatic carbocycles. The number of hydrogen-bond donors (Lipinski definition) is 1. The van der Waals surface area contributed by atoms with Gasteiger partial charge in [-0.3, -0.25) is 14.3 Å². The molecule has 0 fully saturated rings. The zero-order valence-corrected chi connectivity index (χ0v) is 11.9. The first-order chi connectivity index (χ1) is 8.40. The first-order valence-corrected chi connectivity index (χ1v) is 6.64. The molecule has 0 atom stereocenters. The first-order valence-electron chi connectivity index (χ1n) is 5.45. The maximum Gasteiger partial charge on any atom is 0.329 e. The van der Waals surface area contributed by atoms with Gasteiger partial charge >= 0.3 is 5.69 Å². The Morgan fingerprint density at radius 2 is 2.00 bits per heavy atom. The topological polar surface area (TPSA) is 54.9 Å². The van der Waals surface area contributed by atoms with Crippen LogP contribution in [0.25, 0.3) is 0 Å². The summed E-state index contributed by atoms with van der Waals surface area (Å²) in [7, 11) is 0. The lowest BCUT2D eigenvalue weighted by Crippen LogP contribution is -2.36. The Morgan fingerprint density at radius 3 is 2.56 bits per heavy atom. The third-order valence-electron chi connectivity index (χ3n) is 2.89. The van der Waals surface area contributed by atoms with Crippen molar-refractivity contribution in [2.75, 3.05) is 0 Å². The largest absolute Gasteiger partial charge is 0.329 e. The molecule has 0 aliphatic carbocycles. The van der Waals surface area contributed by atoms with Crippen LogP contribution in [0, 0.1) is 20.8 Å². The van der Waals surface area contributed by atoms with Crippen molar-refractivity contribution in [2.45, 2.75) is 27.3 Å². The highest BCUT2D eigenvalue weighted by molar-refractivity contribution is 7.12. The predicted molar refractivity (Wildman–Crippen MR) is 74.0 cm³/mol. The van der Waals surface area contributed by atoms with Gasteiger partial charge in [-0.15, -0.1) is 11.3 Å². The summed E-state index contributed by atoms with van der Waals surface area (Å²) in [6.45, 7) is 5.91. The van der Waals surface area contributed by atoms with Crippen molar-refractivity contribution >= 4 is 22.9 Å². The number of halogens is 1. The zero-order valence-electron chi connectivity index (χ0n) is 10.3. The average molecular weight is 285 g/mol. The highest BCUT2D eigenvalue weighted by Gasteiger charge is 2.10. The molecule has 0 bridgehead atoms. The molecule has 0 aliphatic rings. The average Bonchev–Trinajstić information content (AvgIpc) is 2.61. The molecule has 2 heterocycles. The lowest BCUT2D eigenvalue weighted by molar-refractivity contribution is 0.699. The van der Waals surface area contributed by atoms with Crippen LogP contribution in [0.5, 0.6) is 0 Å². The predicted octanol–water partition coefficient (Wildman–Crippen LogP) is 2.23. The molecule has 0 saturated heterocycles. The van der Waals surface area contributed by atoms with E-state index in [-0.39, 0.29) is 17.3 Å². The summed E-state index contributed by atoms with van der Waals surface area (Å²) < 4.78 is 1.17. The van der Waals surface area contributed by atoms with Crippen LogP contribution in [0.3, 0.4) is 0 Å². The van der Waals surface area contributed by atoms with Crippen LogP contribution < -0.4 is 11.2 Å². The van der Waals surface area contributed by atoms with Crippen molar-refractivity contribution in [1.29, 1.82) is 0 Å². The molecule has 0 spiro atoms. The number of nitrogens with one attached hydrogen (secondary N) is 1. The third-order valence-corrected chi connectivity index (χ3v) is 4.40. The second-order valence-corrected chi connectivity index (χ2v) is 5.93. The van der Waals surface area contributed by atoms with Crippen LogP contribution in [0.2, 0.25) is 5.15 Å². The number of nitrogens with zero attached hydrogens (tertiary/aromatic N) is 1. The highest BCUT2D eigenvalue weighted by atomic mass is 35.5. The molecule has 2 aromatic rings. The van der Waals surface area contributed by atoms with E-state index in [1.165, 1.54) is 15.0 Å².